The average molecular weight is 235 g/mol. The molecule has 1 aromatic rings. The fourth-order valence-electron chi connectivity index (χ4n) is 1.90. The van der Waals surface area contributed by atoms with E-state index in [1.807, 2.05) is 11.8 Å². The maximum atomic E-state index is 12.3. The summed E-state index contributed by atoms with van der Waals surface area (Å²) >= 11 is 0. The molecule has 1 amide bonds. The summed E-state index contributed by atoms with van der Waals surface area (Å²) in [5.41, 5.74) is 0.449. The SMILES string of the molecule is CCCN(C(=O)c1cncc(O)c1)C1CNC1. The molecule has 1 aliphatic rings. The molecule has 1 saturated heterocycles. The van der Waals surface area contributed by atoms with Crippen LogP contribution in [0.5, 0.6) is 5.75 Å². The van der Waals surface area contributed by atoms with E-state index < -0.39 is 0 Å². The molecule has 92 valence electrons. The molecule has 0 aromatic carbocycles. The molecule has 2 N–H and O–H groups in total. The zero-order chi connectivity index (χ0) is 12.3. The minimum atomic E-state index is -0.0539. The Morgan fingerprint density at radius 1 is 1.59 bits per heavy atom. The Bertz CT molecular complexity index is 404. The first-order valence-electron chi connectivity index (χ1n) is 5.88. The second-order valence-corrected chi connectivity index (χ2v) is 4.24. The van der Waals surface area contributed by atoms with Gasteiger partial charge >= 0.3 is 0 Å². The van der Waals surface area contributed by atoms with E-state index in [2.05, 4.69) is 10.3 Å². The van der Waals surface area contributed by atoms with Gasteiger partial charge in [0.1, 0.15) is 5.75 Å². The topological polar surface area (TPSA) is 65.5 Å². The average Bonchev–Trinajstić information content (AvgIpc) is 2.25. The van der Waals surface area contributed by atoms with Crippen LogP contribution < -0.4 is 5.32 Å². The van der Waals surface area contributed by atoms with Gasteiger partial charge in [-0.15, -0.1) is 0 Å². The Labute approximate surface area is 100 Å². The molecule has 0 unspecified atom stereocenters. The number of carbonyl (C=O) groups excluding carboxylic acids is 1. The maximum absolute atomic E-state index is 12.3. The van der Waals surface area contributed by atoms with Gasteiger partial charge in [0.15, 0.2) is 0 Å². The zero-order valence-electron chi connectivity index (χ0n) is 9.89. The molecule has 1 aliphatic heterocycles. The van der Waals surface area contributed by atoms with E-state index in [4.69, 9.17) is 0 Å². The van der Waals surface area contributed by atoms with E-state index in [0.29, 0.717) is 5.56 Å². The van der Waals surface area contributed by atoms with Gasteiger partial charge in [0.25, 0.3) is 5.91 Å². The lowest BCUT2D eigenvalue weighted by molar-refractivity contribution is 0.0615. The minimum Gasteiger partial charge on any atom is -0.506 e. The number of nitrogens with one attached hydrogen (secondary N) is 1. The highest BCUT2D eigenvalue weighted by Gasteiger charge is 2.28. The summed E-state index contributed by atoms with van der Waals surface area (Å²) in [5.74, 6) is -0.0271. The molecule has 5 nitrogen and oxygen atoms in total. The van der Waals surface area contributed by atoms with Gasteiger partial charge in [0, 0.05) is 25.8 Å². The number of pyridine rings is 1. The Morgan fingerprint density at radius 3 is 2.88 bits per heavy atom. The van der Waals surface area contributed by atoms with E-state index >= 15 is 0 Å². The van der Waals surface area contributed by atoms with Crippen molar-refractivity contribution in [2.45, 2.75) is 19.4 Å². The Morgan fingerprint density at radius 2 is 2.35 bits per heavy atom. The largest absolute Gasteiger partial charge is 0.506 e. The summed E-state index contributed by atoms with van der Waals surface area (Å²) in [6.45, 7) is 4.48. The summed E-state index contributed by atoms with van der Waals surface area (Å²) in [6, 6.07) is 1.73. The van der Waals surface area contributed by atoms with Crippen LogP contribution in [0.3, 0.4) is 0 Å². The molecule has 2 heterocycles. The van der Waals surface area contributed by atoms with Gasteiger partial charge < -0.3 is 15.3 Å². The number of amides is 1. The quantitative estimate of drug-likeness (QED) is 0.802. The molecular formula is C12H17N3O2. The van der Waals surface area contributed by atoms with Crippen LogP contribution in [0.15, 0.2) is 18.5 Å². The van der Waals surface area contributed by atoms with Crippen molar-refractivity contribution < 1.29 is 9.90 Å². The van der Waals surface area contributed by atoms with Crippen LogP contribution in [0.1, 0.15) is 23.7 Å². The van der Waals surface area contributed by atoms with Crippen molar-refractivity contribution in [1.29, 1.82) is 0 Å². The molecule has 1 aromatic heterocycles. The fourth-order valence-corrected chi connectivity index (χ4v) is 1.90. The lowest BCUT2D eigenvalue weighted by atomic mass is 10.1. The van der Waals surface area contributed by atoms with Crippen molar-refractivity contribution >= 4 is 5.91 Å². The number of rotatable bonds is 4. The summed E-state index contributed by atoms with van der Waals surface area (Å²) in [4.78, 5) is 18.0. The highest BCUT2D eigenvalue weighted by atomic mass is 16.3. The standard InChI is InChI=1S/C12H17N3O2/c1-2-3-15(10-6-14-7-10)12(17)9-4-11(16)8-13-5-9/h4-5,8,10,14,16H,2-3,6-7H2,1H3. The number of hydrogen-bond acceptors (Lipinski definition) is 4. The Balaban J connectivity index is 2.15. The number of aromatic nitrogens is 1. The summed E-state index contributed by atoms with van der Waals surface area (Å²) in [7, 11) is 0. The molecule has 1 fully saturated rings. The van der Waals surface area contributed by atoms with Gasteiger partial charge in [-0.2, -0.15) is 0 Å². The number of aromatic hydroxyl groups is 1. The second-order valence-electron chi connectivity index (χ2n) is 4.24. The third-order valence-corrected chi connectivity index (χ3v) is 2.90. The lowest BCUT2D eigenvalue weighted by Gasteiger charge is -2.38. The van der Waals surface area contributed by atoms with Crippen LogP contribution in [0.4, 0.5) is 0 Å². The molecule has 0 radical (unpaired) electrons. The lowest BCUT2D eigenvalue weighted by Crippen LogP contribution is -2.59. The predicted molar refractivity (Wildman–Crippen MR) is 63.9 cm³/mol. The van der Waals surface area contributed by atoms with Crippen molar-refractivity contribution in [3.63, 3.8) is 0 Å². The molecule has 0 atom stereocenters. The van der Waals surface area contributed by atoms with Crippen LogP contribution in [-0.2, 0) is 0 Å². The third kappa shape index (κ3) is 2.55. The molecule has 5 heteroatoms. The van der Waals surface area contributed by atoms with Gasteiger partial charge in [-0.05, 0) is 12.5 Å². The summed E-state index contributed by atoms with van der Waals surface area (Å²) in [5, 5.41) is 12.5. The van der Waals surface area contributed by atoms with Crippen LogP contribution in [0.2, 0.25) is 0 Å². The van der Waals surface area contributed by atoms with E-state index in [9.17, 15) is 9.90 Å². The predicted octanol–water partition coefficient (Wildman–Crippen LogP) is 0.611. The van der Waals surface area contributed by atoms with Crippen LogP contribution in [0, 0.1) is 0 Å². The van der Waals surface area contributed by atoms with Gasteiger partial charge in [0.2, 0.25) is 0 Å². The summed E-state index contributed by atoms with van der Waals surface area (Å²) in [6.07, 6.45) is 3.75. The first-order chi connectivity index (χ1) is 8.22. The van der Waals surface area contributed by atoms with E-state index in [-0.39, 0.29) is 17.7 Å². The van der Waals surface area contributed by atoms with E-state index in [0.717, 1.165) is 26.1 Å². The fraction of sp³-hybridized carbons (Fsp3) is 0.500. The van der Waals surface area contributed by atoms with Gasteiger partial charge in [-0.1, -0.05) is 6.92 Å². The van der Waals surface area contributed by atoms with E-state index in [1.165, 1.54) is 18.5 Å². The van der Waals surface area contributed by atoms with Crippen molar-refractivity contribution in [1.82, 2.24) is 15.2 Å². The minimum absolute atomic E-state index is 0.0269. The molecule has 0 bridgehead atoms. The Hall–Kier alpha value is -1.62. The van der Waals surface area contributed by atoms with Gasteiger partial charge in [-0.3, -0.25) is 9.78 Å². The monoisotopic (exact) mass is 235 g/mol. The Kier molecular flexibility index (Phi) is 3.58. The van der Waals surface area contributed by atoms with Crippen LogP contribution in [0.25, 0.3) is 0 Å². The van der Waals surface area contributed by atoms with E-state index in [1.54, 1.807) is 0 Å². The molecule has 17 heavy (non-hydrogen) atoms. The van der Waals surface area contributed by atoms with Crippen LogP contribution in [-0.4, -0.2) is 46.6 Å². The molecule has 2 rings (SSSR count). The van der Waals surface area contributed by atoms with Crippen LogP contribution >= 0.6 is 0 Å². The van der Waals surface area contributed by atoms with Crippen molar-refractivity contribution in [2.75, 3.05) is 19.6 Å². The highest BCUT2D eigenvalue weighted by Crippen LogP contribution is 2.15. The third-order valence-electron chi connectivity index (χ3n) is 2.90. The van der Waals surface area contributed by atoms with Crippen molar-refractivity contribution in [2.24, 2.45) is 0 Å². The van der Waals surface area contributed by atoms with Crippen molar-refractivity contribution in [3.8, 4) is 5.75 Å². The first-order valence-corrected chi connectivity index (χ1v) is 5.88. The zero-order valence-corrected chi connectivity index (χ0v) is 9.89. The van der Waals surface area contributed by atoms with Gasteiger partial charge in [0.05, 0.1) is 17.8 Å². The maximum Gasteiger partial charge on any atom is 0.255 e. The molecule has 0 saturated carbocycles. The first kappa shape index (κ1) is 11.9. The molecule has 0 aliphatic carbocycles. The van der Waals surface area contributed by atoms with Crippen molar-refractivity contribution in [3.05, 3.63) is 24.0 Å². The van der Waals surface area contributed by atoms with Gasteiger partial charge in [-0.25, -0.2) is 0 Å². The summed E-state index contributed by atoms with van der Waals surface area (Å²) < 4.78 is 0. The smallest absolute Gasteiger partial charge is 0.255 e. The number of carbonyl (C=O) groups is 1. The molecule has 0 spiro atoms. The molecular weight excluding hydrogens is 218 g/mol. The number of hydrogen-bond donors (Lipinski definition) is 2. The normalized spacial score (nSPS) is 15.4. The second kappa shape index (κ2) is 5.14. The highest BCUT2D eigenvalue weighted by molar-refractivity contribution is 5.94. The number of nitrogens with zero attached hydrogens (tertiary/aromatic N) is 2.